The summed E-state index contributed by atoms with van der Waals surface area (Å²) in [5, 5.41) is 4.40. The number of rotatable bonds is 5. The summed E-state index contributed by atoms with van der Waals surface area (Å²) in [6.45, 7) is 1.50. The Morgan fingerprint density at radius 3 is 2.68 bits per heavy atom. The predicted octanol–water partition coefficient (Wildman–Crippen LogP) is 3.17. The molecule has 1 saturated heterocycles. The van der Waals surface area contributed by atoms with Crippen molar-refractivity contribution in [1.29, 1.82) is 0 Å². The smallest absolute Gasteiger partial charge is 0.321 e. The van der Waals surface area contributed by atoms with Crippen LogP contribution in [0.2, 0.25) is 0 Å². The second-order valence-electron chi connectivity index (χ2n) is 6.30. The first kappa shape index (κ1) is 18.1. The van der Waals surface area contributed by atoms with Crippen LogP contribution in [-0.4, -0.2) is 39.9 Å². The van der Waals surface area contributed by atoms with Gasteiger partial charge in [0.2, 0.25) is 0 Å². The number of hydrogen-bond donors (Lipinski definition) is 1. The summed E-state index contributed by atoms with van der Waals surface area (Å²) in [7, 11) is 3.16. The van der Waals surface area contributed by atoms with E-state index in [1.807, 2.05) is 24.3 Å². The first-order chi connectivity index (χ1) is 13.6. The lowest BCUT2D eigenvalue weighted by atomic mass is 10.1. The van der Waals surface area contributed by atoms with Crippen LogP contribution in [0.25, 0.3) is 5.76 Å². The molecule has 28 heavy (non-hydrogen) atoms. The number of urea groups is 1. The molecule has 2 aromatic rings. The number of hydroxylamine groups is 1. The molecule has 8 heteroatoms. The second-order valence-corrected chi connectivity index (χ2v) is 6.30. The van der Waals surface area contributed by atoms with E-state index in [-0.39, 0.29) is 11.8 Å². The van der Waals surface area contributed by atoms with Gasteiger partial charge in [-0.15, -0.1) is 0 Å². The molecule has 7 nitrogen and oxygen atoms in total. The lowest BCUT2D eigenvalue weighted by Crippen LogP contribution is -2.27. The van der Waals surface area contributed by atoms with Gasteiger partial charge in [-0.25, -0.2) is 14.2 Å². The molecule has 2 aliphatic rings. The number of nitrogens with zero attached hydrogens (tertiary/aromatic N) is 2. The van der Waals surface area contributed by atoms with Gasteiger partial charge in [-0.1, -0.05) is 0 Å². The highest BCUT2D eigenvalue weighted by molar-refractivity contribution is 5.94. The summed E-state index contributed by atoms with van der Waals surface area (Å²) in [4.78, 5) is 18.6. The molecule has 2 aromatic carbocycles. The maximum Gasteiger partial charge on any atom is 0.321 e. The van der Waals surface area contributed by atoms with E-state index in [0.717, 1.165) is 11.3 Å². The number of carbonyl (C=O) groups is 1. The Labute approximate surface area is 161 Å². The van der Waals surface area contributed by atoms with E-state index in [9.17, 15) is 9.18 Å². The molecule has 0 bridgehead atoms. The van der Waals surface area contributed by atoms with Crippen LogP contribution < -0.4 is 24.8 Å². The standard InChI is InChI=1S/C20H20FN3O4/c1-26-14-4-5-17-15(12-14)18(7-9-24(17)27-2)28-19-6-3-13(11-16(19)21)23-10-8-22-20(23)25/h3-7,11-12H,8-10H2,1-2H3,(H,22,25). The van der Waals surface area contributed by atoms with Crippen LogP contribution in [0.1, 0.15) is 5.56 Å². The summed E-state index contributed by atoms with van der Waals surface area (Å²) in [6, 6.07) is 9.76. The molecule has 0 atom stereocenters. The number of methoxy groups -OCH3 is 1. The molecule has 1 N–H and O–H groups in total. The Kier molecular flexibility index (Phi) is 4.79. The Morgan fingerprint density at radius 1 is 1.14 bits per heavy atom. The molecular formula is C20H20FN3O4. The monoisotopic (exact) mass is 385 g/mol. The molecule has 0 radical (unpaired) electrons. The minimum absolute atomic E-state index is 0.0780. The molecule has 2 heterocycles. The molecule has 0 aliphatic carbocycles. The molecular weight excluding hydrogens is 365 g/mol. The van der Waals surface area contributed by atoms with E-state index in [2.05, 4.69) is 5.32 Å². The van der Waals surface area contributed by atoms with Gasteiger partial charge in [0.05, 0.1) is 26.5 Å². The maximum absolute atomic E-state index is 14.7. The number of amides is 2. The van der Waals surface area contributed by atoms with Gasteiger partial charge in [0.15, 0.2) is 11.6 Å². The Bertz CT molecular complexity index is 947. The number of fused-ring (bicyclic) bond motifs is 1. The zero-order valence-electron chi connectivity index (χ0n) is 15.6. The Morgan fingerprint density at radius 2 is 2.00 bits per heavy atom. The number of nitrogens with one attached hydrogen (secondary N) is 1. The Hall–Kier alpha value is -3.26. The number of carbonyl (C=O) groups excluding carboxylic acids is 1. The topological polar surface area (TPSA) is 63.3 Å². The fourth-order valence-electron chi connectivity index (χ4n) is 3.28. The van der Waals surface area contributed by atoms with Gasteiger partial charge in [0.1, 0.15) is 11.5 Å². The minimum atomic E-state index is -0.545. The molecule has 2 aliphatic heterocycles. The lowest BCUT2D eigenvalue weighted by molar-refractivity contribution is 0.173. The van der Waals surface area contributed by atoms with Gasteiger partial charge >= 0.3 is 6.03 Å². The average molecular weight is 385 g/mol. The minimum Gasteiger partial charge on any atom is -0.497 e. The third-order valence-corrected chi connectivity index (χ3v) is 4.70. The molecule has 2 amide bonds. The van der Waals surface area contributed by atoms with E-state index in [4.69, 9.17) is 14.3 Å². The van der Waals surface area contributed by atoms with Crippen molar-refractivity contribution in [1.82, 2.24) is 5.32 Å². The first-order valence-corrected chi connectivity index (χ1v) is 8.83. The highest BCUT2D eigenvalue weighted by Gasteiger charge is 2.24. The van der Waals surface area contributed by atoms with Crippen LogP contribution in [0.4, 0.5) is 20.6 Å². The predicted molar refractivity (Wildman–Crippen MR) is 103 cm³/mol. The van der Waals surface area contributed by atoms with E-state index in [1.54, 1.807) is 25.3 Å². The third-order valence-electron chi connectivity index (χ3n) is 4.70. The highest BCUT2D eigenvalue weighted by Crippen LogP contribution is 2.36. The zero-order valence-corrected chi connectivity index (χ0v) is 15.6. The second kappa shape index (κ2) is 7.40. The van der Waals surface area contributed by atoms with Crippen LogP contribution in [0.5, 0.6) is 11.5 Å². The van der Waals surface area contributed by atoms with Gasteiger partial charge in [0.25, 0.3) is 0 Å². The zero-order chi connectivity index (χ0) is 19.7. The number of halogens is 1. The van der Waals surface area contributed by atoms with Gasteiger partial charge in [-0.3, -0.25) is 9.74 Å². The maximum atomic E-state index is 14.7. The summed E-state index contributed by atoms with van der Waals surface area (Å²) in [5.74, 6) is 0.695. The lowest BCUT2D eigenvalue weighted by Gasteiger charge is -2.28. The number of benzene rings is 2. The van der Waals surface area contributed by atoms with Crippen molar-refractivity contribution in [2.45, 2.75) is 0 Å². The highest BCUT2D eigenvalue weighted by atomic mass is 19.1. The van der Waals surface area contributed by atoms with Crippen molar-refractivity contribution < 1.29 is 23.5 Å². The van der Waals surface area contributed by atoms with Crippen molar-refractivity contribution >= 4 is 23.2 Å². The number of anilines is 2. The van der Waals surface area contributed by atoms with Crippen LogP contribution in [-0.2, 0) is 4.84 Å². The molecule has 146 valence electrons. The third kappa shape index (κ3) is 3.22. The van der Waals surface area contributed by atoms with Crippen molar-refractivity contribution in [2.75, 3.05) is 43.8 Å². The van der Waals surface area contributed by atoms with Crippen molar-refractivity contribution in [3.63, 3.8) is 0 Å². The fourth-order valence-corrected chi connectivity index (χ4v) is 3.28. The number of ether oxygens (including phenoxy) is 2. The van der Waals surface area contributed by atoms with Crippen LogP contribution in [0.3, 0.4) is 0 Å². The largest absolute Gasteiger partial charge is 0.497 e. The quantitative estimate of drug-likeness (QED) is 0.857. The van der Waals surface area contributed by atoms with Crippen LogP contribution >= 0.6 is 0 Å². The molecule has 0 spiro atoms. The normalized spacial score (nSPS) is 15.8. The van der Waals surface area contributed by atoms with Crippen LogP contribution in [0, 0.1) is 5.82 Å². The number of hydrogen-bond acceptors (Lipinski definition) is 5. The van der Waals surface area contributed by atoms with Crippen molar-refractivity contribution in [2.24, 2.45) is 0 Å². The average Bonchev–Trinajstić information content (AvgIpc) is 3.15. The molecule has 0 saturated carbocycles. The SMILES string of the molecule is COc1ccc2c(c1)C(Oc1ccc(N3CCNC3=O)cc1F)=CCN2OC. The molecule has 1 fully saturated rings. The Balaban J connectivity index is 1.62. The molecule has 0 aromatic heterocycles. The fraction of sp³-hybridized carbons (Fsp3) is 0.250. The van der Waals surface area contributed by atoms with E-state index in [1.165, 1.54) is 17.0 Å². The van der Waals surface area contributed by atoms with Crippen molar-refractivity contribution in [3.8, 4) is 11.5 Å². The molecule has 0 unspecified atom stereocenters. The van der Waals surface area contributed by atoms with Gasteiger partial charge in [-0.2, -0.15) is 0 Å². The van der Waals surface area contributed by atoms with Gasteiger partial charge in [-0.05, 0) is 36.4 Å². The van der Waals surface area contributed by atoms with E-state index < -0.39 is 5.82 Å². The summed E-state index contributed by atoms with van der Waals surface area (Å²) in [5.41, 5.74) is 2.02. The van der Waals surface area contributed by atoms with Crippen LogP contribution in [0.15, 0.2) is 42.5 Å². The van der Waals surface area contributed by atoms with Gasteiger partial charge in [0, 0.05) is 30.4 Å². The van der Waals surface area contributed by atoms with E-state index in [0.29, 0.717) is 36.8 Å². The summed E-state index contributed by atoms with van der Waals surface area (Å²) >= 11 is 0. The first-order valence-electron chi connectivity index (χ1n) is 8.83. The van der Waals surface area contributed by atoms with Crippen molar-refractivity contribution in [3.05, 3.63) is 53.9 Å². The summed E-state index contributed by atoms with van der Waals surface area (Å²) in [6.07, 6.45) is 1.81. The molecule has 4 rings (SSSR count). The summed E-state index contributed by atoms with van der Waals surface area (Å²) < 4.78 is 25.9. The van der Waals surface area contributed by atoms with Gasteiger partial charge < -0.3 is 14.8 Å². The van der Waals surface area contributed by atoms with E-state index >= 15 is 0 Å².